The third-order valence-electron chi connectivity index (χ3n) is 2.46. The van der Waals surface area contributed by atoms with Crippen LogP contribution in [0.2, 0.25) is 19.6 Å². The molecule has 0 saturated carbocycles. The van der Waals surface area contributed by atoms with E-state index in [-0.39, 0.29) is 0 Å². The molecule has 1 rings (SSSR count). The Morgan fingerprint density at radius 2 is 1.67 bits per heavy atom. The lowest BCUT2D eigenvalue weighted by Gasteiger charge is -2.36. The molecule has 2 N–H and O–H groups in total. The van der Waals surface area contributed by atoms with Crippen LogP contribution in [0.15, 0.2) is 24.3 Å². The summed E-state index contributed by atoms with van der Waals surface area (Å²) < 4.78 is 2.55. The highest BCUT2D eigenvalue weighted by Gasteiger charge is 2.23. The number of nitrogen functional groups attached to an aromatic ring is 1. The van der Waals surface area contributed by atoms with E-state index in [4.69, 9.17) is 5.73 Å². The molecule has 0 heterocycles. The van der Waals surface area contributed by atoms with Crippen LogP contribution in [0.25, 0.3) is 0 Å². The van der Waals surface area contributed by atoms with Crippen LogP contribution in [0, 0.1) is 0 Å². The zero-order valence-electron chi connectivity index (χ0n) is 10.2. The second kappa shape index (κ2) is 4.70. The molecule has 0 aliphatic heterocycles. The van der Waals surface area contributed by atoms with E-state index in [0.717, 1.165) is 12.2 Å². The van der Waals surface area contributed by atoms with Crippen molar-refractivity contribution >= 4 is 19.6 Å². The molecule has 2 nitrogen and oxygen atoms in total. The summed E-state index contributed by atoms with van der Waals surface area (Å²) in [6.07, 6.45) is 1.19. The molecule has 0 amide bonds. The fraction of sp³-hybridized carbons (Fsp3) is 0.500. The van der Waals surface area contributed by atoms with Gasteiger partial charge in [0.1, 0.15) is 8.24 Å². The minimum absolute atomic E-state index is 0.839. The molecule has 0 radical (unpaired) electrons. The Balaban J connectivity index is 2.94. The summed E-state index contributed by atoms with van der Waals surface area (Å²) >= 11 is 0. The van der Waals surface area contributed by atoms with Crippen molar-refractivity contribution in [3.05, 3.63) is 24.3 Å². The van der Waals surface area contributed by atoms with Gasteiger partial charge in [-0.15, -0.1) is 0 Å². The van der Waals surface area contributed by atoms with E-state index in [9.17, 15) is 0 Å². The van der Waals surface area contributed by atoms with Crippen LogP contribution in [0.5, 0.6) is 0 Å². The van der Waals surface area contributed by atoms with Gasteiger partial charge in [0.15, 0.2) is 0 Å². The fourth-order valence-corrected chi connectivity index (χ4v) is 3.55. The van der Waals surface area contributed by atoms with Crippen molar-refractivity contribution in [2.45, 2.75) is 33.0 Å². The average Bonchev–Trinajstić information content (AvgIpc) is 2.14. The van der Waals surface area contributed by atoms with E-state index in [1.54, 1.807) is 0 Å². The second-order valence-electron chi connectivity index (χ2n) is 4.91. The summed E-state index contributed by atoms with van der Waals surface area (Å²) in [5.74, 6) is 0. The molecule has 0 aliphatic rings. The van der Waals surface area contributed by atoms with Gasteiger partial charge in [0.05, 0.1) is 0 Å². The van der Waals surface area contributed by atoms with Crippen molar-refractivity contribution in [2.75, 3.05) is 16.8 Å². The maximum absolute atomic E-state index is 5.70. The number of hydrogen-bond donors (Lipinski definition) is 1. The molecule has 0 saturated heterocycles. The van der Waals surface area contributed by atoms with Crippen molar-refractivity contribution in [1.29, 1.82) is 0 Å². The van der Waals surface area contributed by atoms with Crippen LogP contribution in [0.1, 0.15) is 13.3 Å². The SMILES string of the molecule is CCCN(c1ccc(N)cc1)[Si](C)(C)C. The Labute approximate surface area is 94.2 Å². The maximum atomic E-state index is 5.70. The molecular weight excluding hydrogens is 200 g/mol. The number of nitrogens with zero attached hydrogens (tertiary/aromatic N) is 1. The van der Waals surface area contributed by atoms with Gasteiger partial charge < -0.3 is 10.3 Å². The van der Waals surface area contributed by atoms with Gasteiger partial charge in [-0.25, -0.2) is 0 Å². The maximum Gasteiger partial charge on any atom is 0.147 e. The Morgan fingerprint density at radius 1 is 1.13 bits per heavy atom. The first kappa shape index (κ1) is 12.1. The lowest BCUT2D eigenvalue weighted by atomic mass is 10.3. The predicted octanol–water partition coefficient (Wildman–Crippen LogP) is 3.32. The van der Waals surface area contributed by atoms with Crippen LogP contribution < -0.4 is 10.3 Å². The van der Waals surface area contributed by atoms with Crippen LogP contribution in [0.4, 0.5) is 11.4 Å². The van der Waals surface area contributed by atoms with Gasteiger partial charge in [-0.2, -0.15) is 0 Å². The average molecular weight is 222 g/mol. The molecule has 0 aliphatic carbocycles. The molecule has 1 aromatic carbocycles. The Bertz CT molecular complexity index is 300. The summed E-state index contributed by atoms with van der Waals surface area (Å²) in [5, 5.41) is 0. The third kappa shape index (κ3) is 3.27. The normalized spacial score (nSPS) is 11.5. The molecule has 3 heteroatoms. The molecule has 1 aromatic rings. The monoisotopic (exact) mass is 222 g/mol. The first-order valence-electron chi connectivity index (χ1n) is 5.58. The van der Waals surface area contributed by atoms with E-state index in [2.05, 4.69) is 43.3 Å². The number of benzene rings is 1. The summed E-state index contributed by atoms with van der Waals surface area (Å²) in [7, 11) is -1.27. The van der Waals surface area contributed by atoms with Gasteiger partial charge in [-0.1, -0.05) is 26.6 Å². The van der Waals surface area contributed by atoms with E-state index < -0.39 is 8.24 Å². The van der Waals surface area contributed by atoms with E-state index in [0.29, 0.717) is 0 Å². The fourth-order valence-electron chi connectivity index (χ4n) is 1.73. The Kier molecular flexibility index (Phi) is 3.80. The number of hydrogen-bond acceptors (Lipinski definition) is 2. The quantitative estimate of drug-likeness (QED) is 0.625. The van der Waals surface area contributed by atoms with Crippen LogP contribution >= 0.6 is 0 Å². The molecule has 0 aromatic heterocycles. The van der Waals surface area contributed by atoms with Gasteiger partial charge >= 0.3 is 0 Å². The molecular formula is C12H22N2Si. The molecule has 0 bridgehead atoms. The van der Waals surface area contributed by atoms with Crippen molar-refractivity contribution in [3.63, 3.8) is 0 Å². The van der Waals surface area contributed by atoms with Gasteiger partial charge in [-0.05, 0) is 30.7 Å². The Morgan fingerprint density at radius 3 is 2.07 bits per heavy atom. The molecule has 15 heavy (non-hydrogen) atoms. The first-order valence-corrected chi connectivity index (χ1v) is 9.03. The van der Waals surface area contributed by atoms with Crippen LogP contribution in [-0.2, 0) is 0 Å². The Hall–Kier alpha value is -0.963. The summed E-state index contributed by atoms with van der Waals surface area (Å²) in [4.78, 5) is 0. The smallest absolute Gasteiger partial charge is 0.147 e. The molecule has 0 fully saturated rings. The van der Waals surface area contributed by atoms with Gasteiger partial charge in [-0.3, -0.25) is 0 Å². The topological polar surface area (TPSA) is 29.3 Å². The van der Waals surface area contributed by atoms with Gasteiger partial charge in [0, 0.05) is 17.9 Å². The number of rotatable bonds is 4. The highest BCUT2D eigenvalue weighted by molar-refractivity contribution is 6.79. The van der Waals surface area contributed by atoms with E-state index in [1.807, 2.05) is 12.1 Å². The summed E-state index contributed by atoms with van der Waals surface area (Å²) in [6.45, 7) is 10.5. The summed E-state index contributed by atoms with van der Waals surface area (Å²) in [6, 6.07) is 8.22. The molecule has 0 atom stereocenters. The molecule has 0 spiro atoms. The number of anilines is 2. The van der Waals surface area contributed by atoms with Crippen molar-refractivity contribution < 1.29 is 0 Å². The largest absolute Gasteiger partial charge is 0.399 e. The minimum Gasteiger partial charge on any atom is -0.399 e. The van der Waals surface area contributed by atoms with E-state index >= 15 is 0 Å². The standard InChI is InChI=1S/C12H22N2Si/c1-5-10-14(15(2,3)4)12-8-6-11(13)7-9-12/h6-9H,5,10,13H2,1-4H3. The summed E-state index contributed by atoms with van der Waals surface area (Å²) in [5.41, 5.74) is 7.85. The van der Waals surface area contributed by atoms with Crippen molar-refractivity contribution in [2.24, 2.45) is 0 Å². The van der Waals surface area contributed by atoms with Gasteiger partial charge in [0.2, 0.25) is 0 Å². The predicted molar refractivity (Wildman–Crippen MR) is 71.8 cm³/mol. The van der Waals surface area contributed by atoms with Crippen molar-refractivity contribution in [3.8, 4) is 0 Å². The number of nitrogens with two attached hydrogens (primary N) is 1. The van der Waals surface area contributed by atoms with Crippen molar-refractivity contribution in [1.82, 2.24) is 0 Å². The van der Waals surface area contributed by atoms with Gasteiger partial charge in [0.25, 0.3) is 0 Å². The zero-order chi connectivity index (χ0) is 11.5. The molecule has 84 valence electrons. The second-order valence-corrected chi connectivity index (χ2v) is 9.80. The first-order chi connectivity index (χ1) is 6.95. The van der Waals surface area contributed by atoms with E-state index in [1.165, 1.54) is 12.1 Å². The molecule has 0 unspecified atom stereocenters. The highest BCUT2D eigenvalue weighted by atomic mass is 28.3. The zero-order valence-corrected chi connectivity index (χ0v) is 11.2. The highest BCUT2D eigenvalue weighted by Crippen LogP contribution is 2.22. The van der Waals surface area contributed by atoms with Crippen LogP contribution in [-0.4, -0.2) is 14.8 Å². The lowest BCUT2D eigenvalue weighted by Crippen LogP contribution is -2.46. The van der Waals surface area contributed by atoms with Crippen LogP contribution in [0.3, 0.4) is 0 Å². The minimum atomic E-state index is -1.27. The lowest BCUT2D eigenvalue weighted by molar-refractivity contribution is 0.902. The third-order valence-corrected chi connectivity index (χ3v) is 4.56.